The molecule has 0 unspecified atom stereocenters. The number of aryl methyl sites for hydroxylation is 1. The van der Waals surface area contributed by atoms with Crippen molar-refractivity contribution in [2.24, 2.45) is 5.92 Å². The van der Waals surface area contributed by atoms with Gasteiger partial charge in [-0.1, -0.05) is 12.1 Å². The third-order valence-corrected chi connectivity index (χ3v) is 3.22. The number of hydrogen-bond acceptors (Lipinski definition) is 3. The fourth-order valence-corrected chi connectivity index (χ4v) is 2.01. The van der Waals surface area contributed by atoms with Crippen molar-refractivity contribution in [2.45, 2.75) is 19.8 Å². The van der Waals surface area contributed by atoms with Crippen LogP contribution in [0.4, 0.5) is 0 Å². The first kappa shape index (κ1) is 11.1. The van der Waals surface area contributed by atoms with Crippen LogP contribution in [0.2, 0.25) is 0 Å². The van der Waals surface area contributed by atoms with Crippen molar-refractivity contribution in [3.05, 3.63) is 29.5 Å². The molecule has 3 rings (SSSR count). The molecular formula is C14H14O4. The highest BCUT2D eigenvalue weighted by Crippen LogP contribution is 2.37. The number of hydrogen-bond donors (Lipinski definition) is 1. The van der Waals surface area contributed by atoms with Gasteiger partial charge in [0.2, 0.25) is 0 Å². The van der Waals surface area contributed by atoms with Gasteiger partial charge in [-0.25, -0.2) is 4.79 Å². The van der Waals surface area contributed by atoms with E-state index in [-0.39, 0.29) is 5.76 Å². The minimum Gasteiger partial charge on any atom is -0.488 e. The number of carbonyl (C=O) groups is 1. The van der Waals surface area contributed by atoms with Crippen LogP contribution in [0, 0.1) is 12.8 Å². The standard InChI is InChI=1S/C14H14O4/c1-8-3-2-4-10-11(8)18-13(14(15)16)12(10)17-7-9-5-6-9/h2-4,9H,5-7H2,1H3,(H,15,16). The van der Waals surface area contributed by atoms with Gasteiger partial charge in [-0.05, 0) is 37.3 Å². The Labute approximate surface area is 104 Å². The number of rotatable bonds is 4. The highest BCUT2D eigenvalue weighted by atomic mass is 16.5. The maximum atomic E-state index is 11.2. The highest BCUT2D eigenvalue weighted by molar-refractivity contribution is 5.98. The van der Waals surface area contributed by atoms with E-state index in [0.29, 0.717) is 23.9 Å². The zero-order valence-corrected chi connectivity index (χ0v) is 10.1. The van der Waals surface area contributed by atoms with Gasteiger partial charge in [0.15, 0.2) is 5.75 Å². The molecule has 94 valence electrons. The summed E-state index contributed by atoms with van der Waals surface area (Å²) in [5.41, 5.74) is 1.51. The van der Waals surface area contributed by atoms with Gasteiger partial charge in [0.25, 0.3) is 5.76 Å². The van der Waals surface area contributed by atoms with Gasteiger partial charge >= 0.3 is 5.97 Å². The molecule has 1 aliphatic rings. The first-order valence-corrected chi connectivity index (χ1v) is 6.05. The molecule has 1 heterocycles. The van der Waals surface area contributed by atoms with Crippen LogP contribution in [0.5, 0.6) is 5.75 Å². The van der Waals surface area contributed by atoms with Gasteiger partial charge in [-0.3, -0.25) is 0 Å². The monoisotopic (exact) mass is 246 g/mol. The summed E-state index contributed by atoms with van der Waals surface area (Å²) in [7, 11) is 0. The van der Waals surface area contributed by atoms with Gasteiger partial charge in [-0.2, -0.15) is 0 Å². The summed E-state index contributed by atoms with van der Waals surface area (Å²) in [4.78, 5) is 11.2. The Hall–Kier alpha value is -1.97. The van der Waals surface area contributed by atoms with E-state index in [0.717, 1.165) is 23.8 Å². The van der Waals surface area contributed by atoms with Gasteiger partial charge in [-0.15, -0.1) is 0 Å². The Morgan fingerprint density at radius 2 is 2.28 bits per heavy atom. The minimum absolute atomic E-state index is 0.0973. The zero-order valence-electron chi connectivity index (χ0n) is 10.1. The molecule has 1 aromatic carbocycles. The van der Waals surface area contributed by atoms with E-state index in [1.54, 1.807) is 0 Å². The number of fused-ring (bicyclic) bond motifs is 1. The fourth-order valence-electron chi connectivity index (χ4n) is 2.01. The maximum absolute atomic E-state index is 11.2. The Morgan fingerprint density at radius 3 is 2.94 bits per heavy atom. The van der Waals surface area contributed by atoms with Crippen LogP contribution in [0.3, 0.4) is 0 Å². The molecule has 0 bridgehead atoms. The van der Waals surface area contributed by atoms with Crippen molar-refractivity contribution in [1.82, 2.24) is 0 Å². The molecule has 0 aliphatic heterocycles. The van der Waals surface area contributed by atoms with E-state index in [2.05, 4.69) is 0 Å². The summed E-state index contributed by atoms with van der Waals surface area (Å²) < 4.78 is 11.1. The molecule has 1 fully saturated rings. The fraction of sp³-hybridized carbons (Fsp3) is 0.357. The molecule has 4 heteroatoms. The molecule has 18 heavy (non-hydrogen) atoms. The Kier molecular flexibility index (Phi) is 2.51. The van der Waals surface area contributed by atoms with Crippen LogP contribution < -0.4 is 4.74 Å². The molecule has 0 saturated heterocycles. The van der Waals surface area contributed by atoms with Gasteiger partial charge in [0, 0.05) is 0 Å². The first-order valence-electron chi connectivity index (χ1n) is 6.05. The summed E-state index contributed by atoms with van der Waals surface area (Å²) in [5.74, 6) is -0.245. The number of para-hydroxylation sites is 1. The number of aromatic carboxylic acids is 1. The zero-order chi connectivity index (χ0) is 12.7. The van der Waals surface area contributed by atoms with E-state index in [1.165, 1.54) is 0 Å². The van der Waals surface area contributed by atoms with Crippen molar-refractivity contribution >= 4 is 16.9 Å². The Bertz CT molecular complexity index is 608. The normalized spacial score (nSPS) is 14.9. The summed E-state index contributed by atoms with van der Waals surface area (Å²) in [6, 6.07) is 5.60. The second-order valence-electron chi connectivity index (χ2n) is 4.77. The highest BCUT2D eigenvalue weighted by Gasteiger charge is 2.26. The van der Waals surface area contributed by atoms with Crippen LogP contribution in [0.25, 0.3) is 11.0 Å². The lowest BCUT2D eigenvalue weighted by molar-refractivity contribution is 0.0658. The summed E-state index contributed by atoms with van der Waals surface area (Å²) in [6.45, 7) is 2.46. The number of furan rings is 1. The van der Waals surface area contributed by atoms with Crippen LogP contribution >= 0.6 is 0 Å². The average Bonchev–Trinajstić information content (AvgIpc) is 3.07. The molecule has 1 saturated carbocycles. The van der Waals surface area contributed by atoms with Gasteiger partial charge in [0.1, 0.15) is 5.58 Å². The molecule has 0 radical (unpaired) electrons. The lowest BCUT2D eigenvalue weighted by atomic mass is 10.1. The predicted molar refractivity (Wildman–Crippen MR) is 66.1 cm³/mol. The van der Waals surface area contributed by atoms with Crippen molar-refractivity contribution in [1.29, 1.82) is 0 Å². The molecule has 2 aromatic rings. The molecule has 0 amide bonds. The van der Waals surface area contributed by atoms with E-state index < -0.39 is 5.97 Å². The number of carboxylic acids is 1. The molecule has 1 aliphatic carbocycles. The van der Waals surface area contributed by atoms with E-state index in [1.807, 2.05) is 25.1 Å². The van der Waals surface area contributed by atoms with Crippen molar-refractivity contribution < 1.29 is 19.1 Å². The van der Waals surface area contributed by atoms with Crippen LogP contribution in [0.15, 0.2) is 22.6 Å². The quantitative estimate of drug-likeness (QED) is 0.899. The lowest BCUT2D eigenvalue weighted by Crippen LogP contribution is -2.03. The number of ether oxygens (including phenoxy) is 1. The van der Waals surface area contributed by atoms with E-state index >= 15 is 0 Å². The second-order valence-corrected chi connectivity index (χ2v) is 4.77. The largest absolute Gasteiger partial charge is 0.488 e. The summed E-state index contributed by atoms with van der Waals surface area (Å²) in [5, 5.41) is 9.91. The molecule has 1 aromatic heterocycles. The number of carboxylic acid groups (broad SMARTS) is 1. The van der Waals surface area contributed by atoms with Crippen LogP contribution in [-0.4, -0.2) is 17.7 Å². The third kappa shape index (κ3) is 1.83. The topological polar surface area (TPSA) is 59.7 Å². The first-order chi connectivity index (χ1) is 8.66. The lowest BCUT2D eigenvalue weighted by Gasteiger charge is -2.03. The molecule has 1 N–H and O–H groups in total. The van der Waals surface area contributed by atoms with E-state index in [4.69, 9.17) is 14.3 Å². The smallest absolute Gasteiger partial charge is 0.375 e. The molecule has 0 atom stereocenters. The van der Waals surface area contributed by atoms with Gasteiger partial charge in [0.05, 0.1) is 12.0 Å². The van der Waals surface area contributed by atoms with Crippen LogP contribution in [0.1, 0.15) is 29.0 Å². The number of benzene rings is 1. The van der Waals surface area contributed by atoms with Crippen molar-refractivity contribution in [3.8, 4) is 5.75 Å². The van der Waals surface area contributed by atoms with Crippen molar-refractivity contribution in [2.75, 3.05) is 6.61 Å². The van der Waals surface area contributed by atoms with E-state index in [9.17, 15) is 4.79 Å². The third-order valence-electron chi connectivity index (χ3n) is 3.22. The minimum atomic E-state index is -1.09. The predicted octanol–water partition coefficient (Wildman–Crippen LogP) is 3.23. The van der Waals surface area contributed by atoms with Crippen molar-refractivity contribution in [3.63, 3.8) is 0 Å². The Morgan fingerprint density at radius 1 is 1.50 bits per heavy atom. The van der Waals surface area contributed by atoms with Gasteiger partial charge < -0.3 is 14.3 Å². The molecular weight excluding hydrogens is 232 g/mol. The van der Waals surface area contributed by atoms with Crippen LogP contribution in [-0.2, 0) is 0 Å². The SMILES string of the molecule is Cc1cccc2c(OCC3CC3)c(C(=O)O)oc12. The molecule has 4 nitrogen and oxygen atoms in total. The average molecular weight is 246 g/mol. The second kappa shape index (κ2) is 4.05. The summed E-state index contributed by atoms with van der Waals surface area (Å²) >= 11 is 0. The summed E-state index contributed by atoms with van der Waals surface area (Å²) in [6.07, 6.45) is 2.33. The molecule has 0 spiro atoms. The Balaban J connectivity index is 2.08. The maximum Gasteiger partial charge on any atom is 0.375 e.